The number of rotatable bonds is 12. The molecule has 0 radical (unpaired) electrons. The van der Waals surface area contributed by atoms with E-state index in [1.54, 1.807) is 0 Å². The molecular formula is C40H59NO3. The van der Waals surface area contributed by atoms with Gasteiger partial charge in [0.15, 0.2) is 17.3 Å². The van der Waals surface area contributed by atoms with Gasteiger partial charge in [-0.05, 0) is 175 Å². The van der Waals surface area contributed by atoms with Crippen molar-refractivity contribution in [3.05, 3.63) is 0 Å². The molecule has 1 unspecified atom stereocenters. The van der Waals surface area contributed by atoms with E-state index in [2.05, 4.69) is 11.8 Å². The van der Waals surface area contributed by atoms with Gasteiger partial charge < -0.3 is 0 Å². The topological polar surface area (TPSA) is 54.5 Å². The molecule has 0 heterocycles. The van der Waals surface area contributed by atoms with E-state index in [0.29, 0.717) is 30.4 Å². The van der Waals surface area contributed by atoms with Gasteiger partial charge in [-0.3, -0.25) is 19.3 Å². The Morgan fingerprint density at radius 2 is 0.818 bits per heavy atom. The molecule has 4 nitrogen and oxygen atoms in total. The second kappa shape index (κ2) is 10.5. The zero-order chi connectivity index (χ0) is 29.8. The standard InChI is InChI=1S/C40H59NO3/c1-2-3-4-34(37(44)40-20-31-11-32(21-40)13-33(12-31)22-40)41(23-35(42)38-14-25-5-26(15-38)7-27(6-25)16-38)24-36(43)39-17-28-8-29(18-39)10-30(9-28)19-39/h25-34H,2-24H2,1H3. The Bertz CT molecular complexity index is 1040. The van der Waals surface area contributed by atoms with E-state index in [0.717, 1.165) is 130 Å². The fraction of sp³-hybridized carbons (Fsp3) is 0.925. The molecule has 44 heavy (non-hydrogen) atoms. The monoisotopic (exact) mass is 601 g/mol. The molecule has 12 rings (SSSR count). The number of carbonyl (C=O) groups excluding carboxylic acids is 3. The molecule has 12 aliphatic carbocycles. The van der Waals surface area contributed by atoms with Crippen LogP contribution < -0.4 is 0 Å². The first-order valence-electron chi connectivity index (χ1n) is 19.6. The Hall–Kier alpha value is -1.03. The van der Waals surface area contributed by atoms with Crippen LogP contribution in [0.1, 0.15) is 142 Å². The van der Waals surface area contributed by atoms with Gasteiger partial charge in [-0.15, -0.1) is 0 Å². The minimum Gasteiger partial charge on any atom is -0.298 e. The lowest BCUT2D eigenvalue weighted by atomic mass is 9.47. The van der Waals surface area contributed by atoms with E-state index in [4.69, 9.17) is 0 Å². The molecule has 0 saturated heterocycles. The Morgan fingerprint density at radius 1 is 0.523 bits per heavy atom. The normalized spacial score (nSPS) is 49.6. The molecule has 12 bridgehead atoms. The Balaban J connectivity index is 1.03. The van der Waals surface area contributed by atoms with Crippen molar-refractivity contribution < 1.29 is 14.4 Å². The lowest BCUT2D eigenvalue weighted by Gasteiger charge is -2.58. The van der Waals surface area contributed by atoms with Crippen molar-refractivity contribution in [1.82, 2.24) is 4.90 Å². The highest BCUT2D eigenvalue weighted by Gasteiger charge is 2.59. The van der Waals surface area contributed by atoms with Gasteiger partial charge in [0.2, 0.25) is 0 Å². The van der Waals surface area contributed by atoms with E-state index in [1.165, 1.54) is 57.8 Å². The third-order valence-electron chi connectivity index (χ3n) is 16.1. The summed E-state index contributed by atoms with van der Waals surface area (Å²) in [6, 6.07) is -0.248. The average molecular weight is 602 g/mol. The van der Waals surface area contributed by atoms with Crippen LogP contribution in [-0.2, 0) is 14.4 Å². The molecule has 0 N–H and O–H groups in total. The van der Waals surface area contributed by atoms with Crippen LogP contribution in [0.3, 0.4) is 0 Å². The number of ketones is 3. The molecule has 0 spiro atoms. The van der Waals surface area contributed by atoms with Crippen molar-refractivity contribution >= 4 is 17.3 Å². The zero-order valence-corrected chi connectivity index (χ0v) is 27.7. The Labute approximate surface area is 266 Å². The molecule has 0 aromatic heterocycles. The fourth-order valence-corrected chi connectivity index (χ4v) is 15.5. The van der Waals surface area contributed by atoms with Gasteiger partial charge >= 0.3 is 0 Å². The van der Waals surface area contributed by atoms with Crippen molar-refractivity contribution in [1.29, 1.82) is 0 Å². The summed E-state index contributed by atoms with van der Waals surface area (Å²) in [4.78, 5) is 46.9. The number of Topliss-reactive ketones (excluding diaryl/α,β-unsaturated/α-hetero) is 3. The fourth-order valence-electron chi connectivity index (χ4n) is 15.5. The third kappa shape index (κ3) is 4.70. The summed E-state index contributed by atoms with van der Waals surface area (Å²) >= 11 is 0. The van der Waals surface area contributed by atoms with Crippen LogP contribution in [-0.4, -0.2) is 41.4 Å². The summed E-state index contributed by atoms with van der Waals surface area (Å²) < 4.78 is 0. The summed E-state index contributed by atoms with van der Waals surface area (Å²) in [6.45, 7) is 2.95. The molecule has 4 heteroatoms. The highest BCUT2D eigenvalue weighted by molar-refractivity contribution is 5.94. The molecule has 242 valence electrons. The van der Waals surface area contributed by atoms with Gasteiger partial charge in [0.05, 0.1) is 19.1 Å². The van der Waals surface area contributed by atoms with Gasteiger partial charge in [0.25, 0.3) is 0 Å². The molecular weight excluding hydrogens is 542 g/mol. The summed E-state index contributed by atoms with van der Waals surface area (Å²) in [6.07, 6.45) is 24.7. The quantitative estimate of drug-likeness (QED) is 0.226. The van der Waals surface area contributed by atoms with E-state index in [9.17, 15) is 9.59 Å². The van der Waals surface area contributed by atoms with Crippen molar-refractivity contribution in [2.75, 3.05) is 13.1 Å². The molecule has 0 aromatic rings. The maximum atomic E-state index is 15.1. The number of unbranched alkanes of at least 4 members (excludes halogenated alkanes) is 1. The second-order valence-electron chi connectivity index (χ2n) is 19.4. The highest BCUT2D eigenvalue weighted by Crippen LogP contribution is 2.63. The highest BCUT2D eigenvalue weighted by atomic mass is 16.1. The lowest BCUT2D eigenvalue weighted by Crippen LogP contribution is -2.60. The van der Waals surface area contributed by atoms with Crippen LogP contribution in [0, 0.1) is 69.5 Å². The first kappa shape index (κ1) is 29.1. The Kier molecular flexibility index (Phi) is 6.94. The largest absolute Gasteiger partial charge is 0.298 e. The molecule has 0 aliphatic heterocycles. The number of hydrogen-bond acceptors (Lipinski definition) is 4. The van der Waals surface area contributed by atoms with Crippen LogP contribution in [0.4, 0.5) is 0 Å². The van der Waals surface area contributed by atoms with Crippen LogP contribution in [0.15, 0.2) is 0 Å². The average Bonchev–Trinajstić information content (AvgIpc) is 2.95. The van der Waals surface area contributed by atoms with E-state index in [-0.39, 0.29) is 22.3 Å². The summed E-state index contributed by atoms with van der Waals surface area (Å²) in [7, 11) is 0. The lowest BCUT2D eigenvalue weighted by molar-refractivity contribution is -0.156. The zero-order valence-electron chi connectivity index (χ0n) is 27.7. The summed E-state index contributed by atoms with van der Waals surface area (Å²) in [5.74, 6) is 7.87. The smallest absolute Gasteiger partial charge is 0.156 e. The van der Waals surface area contributed by atoms with Crippen molar-refractivity contribution in [2.24, 2.45) is 69.5 Å². The van der Waals surface area contributed by atoms with Crippen LogP contribution in [0.25, 0.3) is 0 Å². The molecule has 12 saturated carbocycles. The molecule has 0 amide bonds. The number of hydrogen-bond donors (Lipinski definition) is 0. The van der Waals surface area contributed by atoms with E-state index >= 15 is 4.79 Å². The minimum absolute atomic E-state index is 0.171. The second-order valence-corrected chi connectivity index (χ2v) is 19.4. The van der Waals surface area contributed by atoms with Crippen LogP contribution in [0.5, 0.6) is 0 Å². The van der Waals surface area contributed by atoms with Crippen molar-refractivity contribution in [2.45, 2.75) is 148 Å². The van der Waals surface area contributed by atoms with Gasteiger partial charge in [-0.1, -0.05) is 19.8 Å². The Morgan fingerprint density at radius 3 is 1.11 bits per heavy atom. The molecule has 1 atom stereocenters. The van der Waals surface area contributed by atoms with Gasteiger partial charge in [0.1, 0.15) is 0 Å². The van der Waals surface area contributed by atoms with Crippen LogP contribution >= 0.6 is 0 Å². The first-order valence-corrected chi connectivity index (χ1v) is 19.6. The summed E-state index contributed by atoms with van der Waals surface area (Å²) in [5.41, 5.74) is -0.523. The molecule has 12 aliphatic rings. The van der Waals surface area contributed by atoms with Gasteiger partial charge in [-0.2, -0.15) is 0 Å². The maximum absolute atomic E-state index is 15.1. The van der Waals surface area contributed by atoms with Crippen LogP contribution in [0.2, 0.25) is 0 Å². The SMILES string of the molecule is CCCCC(C(=O)C12CC3CC(CC(C3)C1)C2)N(CC(=O)C12CC3CC(CC(C3)C1)C2)CC(=O)C12CC3CC(CC(C3)C1)C2. The molecule has 0 aromatic carbocycles. The van der Waals surface area contributed by atoms with Gasteiger partial charge in [-0.25, -0.2) is 0 Å². The maximum Gasteiger partial charge on any atom is 0.156 e. The predicted molar refractivity (Wildman–Crippen MR) is 172 cm³/mol. The first-order chi connectivity index (χ1) is 21.2. The third-order valence-corrected chi connectivity index (χ3v) is 16.1. The molecule has 12 fully saturated rings. The van der Waals surface area contributed by atoms with E-state index < -0.39 is 0 Å². The minimum atomic E-state index is -0.248. The number of carbonyl (C=O) groups is 3. The van der Waals surface area contributed by atoms with Crippen molar-refractivity contribution in [3.63, 3.8) is 0 Å². The summed E-state index contributed by atoms with van der Waals surface area (Å²) in [5, 5.41) is 0. The van der Waals surface area contributed by atoms with E-state index in [1.807, 2.05) is 0 Å². The number of nitrogens with zero attached hydrogens (tertiary/aromatic N) is 1. The van der Waals surface area contributed by atoms with Crippen molar-refractivity contribution in [3.8, 4) is 0 Å². The van der Waals surface area contributed by atoms with Gasteiger partial charge in [0, 0.05) is 16.2 Å². The predicted octanol–water partition coefficient (Wildman–Crippen LogP) is 8.20.